The zero-order valence-electron chi connectivity index (χ0n) is 16.0. The van der Waals surface area contributed by atoms with Gasteiger partial charge in [0.2, 0.25) is 0 Å². The Kier molecular flexibility index (Phi) is 5.51. The molecule has 0 radical (unpaired) electrons. The predicted molar refractivity (Wildman–Crippen MR) is 106 cm³/mol. The molecule has 0 aliphatic heterocycles. The van der Waals surface area contributed by atoms with Crippen molar-refractivity contribution < 1.29 is 14.1 Å². The number of fused-ring (bicyclic) bond motifs is 1. The fraction of sp³-hybridized carbons (Fsp3) is 0.238. The standard InChI is InChI=1S/C21H21N5O3/c1-15(7-11-26-10-3-9-23-26)24-21(27)20-13-18(29-25-20)14-28-17-5-6-19-16(12-17)4-2-8-22-19/h2-6,8-10,12-13,15H,7,11,14H2,1H3,(H,24,27)/t15-/m1/s1. The minimum Gasteiger partial charge on any atom is -0.486 e. The van der Waals surface area contributed by atoms with Crippen LogP contribution in [0.3, 0.4) is 0 Å². The van der Waals surface area contributed by atoms with E-state index in [2.05, 4.69) is 20.6 Å². The number of aryl methyl sites for hydroxylation is 1. The number of benzene rings is 1. The Morgan fingerprint density at radius 3 is 3.03 bits per heavy atom. The van der Waals surface area contributed by atoms with Crippen LogP contribution in [0, 0.1) is 0 Å². The van der Waals surface area contributed by atoms with Gasteiger partial charge in [-0.05, 0) is 43.7 Å². The highest BCUT2D eigenvalue weighted by Gasteiger charge is 2.15. The minimum absolute atomic E-state index is 0.0192. The monoisotopic (exact) mass is 391 g/mol. The number of nitrogens with one attached hydrogen (secondary N) is 1. The highest BCUT2D eigenvalue weighted by Crippen LogP contribution is 2.20. The molecule has 0 spiro atoms. The molecule has 1 atom stereocenters. The average molecular weight is 391 g/mol. The Morgan fingerprint density at radius 2 is 2.17 bits per heavy atom. The van der Waals surface area contributed by atoms with Crippen molar-refractivity contribution in [2.24, 2.45) is 0 Å². The van der Waals surface area contributed by atoms with Gasteiger partial charge in [-0.3, -0.25) is 14.5 Å². The van der Waals surface area contributed by atoms with E-state index in [1.54, 1.807) is 18.5 Å². The fourth-order valence-electron chi connectivity index (χ4n) is 2.91. The summed E-state index contributed by atoms with van der Waals surface area (Å²) < 4.78 is 12.8. The number of hydrogen-bond acceptors (Lipinski definition) is 6. The Bertz CT molecular complexity index is 1090. The molecule has 4 rings (SSSR count). The van der Waals surface area contributed by atoms with E-state index in [0.29, 0.717) is 11.5 Å². The Balaban J connectivity index is 1.29. The lowest BCUT2D eigenvalue weighted by molar-refractivity contribution is 0.0928. The van der Waals surface area contributed by atoms with Crippen molar-refractivity contribution in [2.75, 3.05) is 0 Å². The molecular weight excluding hydrogens is 370 g/mol. The van der Waals surface area contributed by atoms with Gasteiger partial charge in [-0.15, -0.1) is 0 Å². The van der Waals surface area contributed by atoms with Gasteiger partial charge in [0, 0.05) is 42.6 Å². The van der Waals surface area contributed by atoms with E-state index >= 15 is 0 Å². The van der Waals surface area contributed by atoms with Crippen LogP contribution in [0.4, 0.5) is 0 Å². The number of nitrogens with zero attached hydrogens (tertiary/aromatic N) is 4. The van der Waals surface area contributed by atoms with Gasteiger partial charge < -0.3 is 14.6 Å². The first kappa shape index (κ1) is 18.7. The van der Waals surface area contributed by atoms with Gasteiger partial charge in [0.15, 0.2) is 11.5 Å². The molecule has 1 amide bonds. The van der Waals surface area contributed by atoms with Gasteiger partial charge in [0.1, 0.15) is 12.4 Å². The quantitative estimate of drug-likeness (QED) is 0.496. The number of hydrogen-bond donors (Lipinski definition) is 1. The molecule has 3 heterocycles. The lowest BCUT2D eigenvalue weighted by Gasteiger charge is -2.12. The maximum absolute atomic E-state index is 12.3. The summed E-state index contributed by atoms with van der Waals surface area (Å²) >= 11 is 0. The molecule has 1 aromatic carbocycles. The van der Waals surface area contributed by atoms with Crippen LogP contribution in [0.25, 0.3) is 10.9 Å². The molecule has 1 N–H and O–H groups in total. The Hall–Kier alpha value is -3.68. The van der Waals surface area contributed by atoms with Crippen molar-refractivity contribution in [1.82, 2.24) is 25.2 Å². The largest absolute Gasteiger partial charge is 0.486 e. The fourth-order valence-corrected chi connectivity index (χ4v) is 2.91. The second kappa shape index (κ2) is 8.55. The van der Waals surface area contributed by atoms with E-state index in [4.69, 9.17) is 9.26 Å². The normalized spacial score (nSPS) is 12.0. The molecule has 4 aromatic rings. The Labute approximate surface area is 167 Å². The number of ether oxygens (including phenoxy) is 1. The lowest BCUT2D eigenvalue weighted by atomic mass is 10.2. The average Bonchev–Trinajstić information content (AvgIpc) is 3.42. The molecule has 0 aliphatic carbocycles. The number of rotatable bonds is 8. The summed E-state index contributed by atoms with van der Waals surface area (Å²) in [5.74, 6) is 0.899. The maximum atomic E-state index is 12.3. The van der Waals surface area contributed by atoms with Crippen LogP contribution in [0.5, 0.6) is 5.75 Å². The van der Waals surface area contributed by atoms with Crippen molar-refractivity contribution in [1.29, 1.82) is 0 Å². The third-order valence-corrected chi connectivity index (χ3v) is 4.48. The van der Waals surface area contributed by atoms with Crippen molar-refractivity contribution >= 4 is 16.8 Å². The molecule has 0 saturated heterocycles. The topological polar surface area (TPSA) is 95.1 Å². The predicted octanol–water partition coefficient (Wildman–Crippen LogP) is 3.21. The maximum Gasteiger partial charge on any atom is 0.273 e. The van der Waals surface area contributed by atoms with Gasteiger partial charge in [0.25, 0.3) is 5.91 Å². The second-order valence-electron chi connectivity index (χ2n) is 6.76. The zero-order valence-corrected chi connectivity index (χ0v) is 16.0. The van der Waals surface area contributed by atoms with Crippen molar-refractivity contribution in [3.05, 3.63) is 72.5 Å². The van der Waals surface area contributed by atoms with E-state index in [0.717, 1.165) is 23.9 Å². The third-order valence-electron chi connectivity index (χ3n) is 4.48. The van der Waals surface area contributed by atoms with E-state index < -0.39 is 0 Å². The van der Waals surface area contributed by atoms with Crippen LogP contribution < -0.4 is 10.1 Å². The first-order valence-corrected chi connectivity index (χ1v) is 9.39. The van der Waals surface area contributed by atoms with Crippen molar-refractivity contribution in [3.8, 4) is 5.75 Å². The molecule has 8 heteroatoms. The summed E-state index contributed by atoms with van der Waals surface area (Å²) in [5.41, 5.74) is 1.14. The van der Waals surface area contributed by atoms with Crippen LogP contribution >= 0.6 is 0 Å². The van der Waals surface area contributed by atoms with E-state index in [1.165, 1.54) is 0 Å². The van der Waals surface area contributed by atoms with E-state index in [1.807, 2.05) is 54.2 Å². The molecular formula is C21H21N5O3. The van der Waals surface area contributed by atoms with Crippen molar-refractivity contribution in [2.45, 2.75) is 32.5 Å². The number of amides is 1. The van der Waals surface area contributed by atoms with Gasteiger partial charge in [-0.25, -0.2) is 0 Å². The van der Waals surface area contributed by atoms with E-state index in [9.17, 15) is 4.79 Å². The molecule has 148 valence electrons. The van der Waals surface area contributed by atoms with Gasteiger partial charge in [0.05, 0.1) is 5.52 Å². The summed E-state index contributed by atoms with van der Waals surface area (Å²) in [4.78, 5) is 16.6. The van der Waals surface area contributed by atoms with Crippen molar-refractivity contribution in [3.63, 3.8) is 0 Å². The van der Waals surface area contributed by atoms with E-state index in [-0.39, 0.29) is 24.2 Å². The summed E-state index contributed by atoms with van der Waals surface area (Å²) in [5, 5.41) is 11.9. The molecule has 29 heavy (non-hydrogen) atoms. The minimum atomic E-state index is -0.273. The SMILES string of the molecule is C[C@H](CCn1cccn1)NC(=O)c1cc(COc2ccc3ncccc3c2)on1. The van der Waals surface area contributed by atoms with Gasteiger partial charge >= 0.3 is 0 Å². The number of pyridine rings is 1. The highest BCUT2D eigenvalue weighted by molar-refractivity contribution is 5.92. The van der Waals surface area contributed by atoms with Gasteiger partial charge in [-0.2, -0.15) is 5.10 Å². The number of carbonyl (C=O) groups excluding carboxylic acids is 1. The highest BCUT2D eigenvalue weighted by atomic mass is 16.5. The zero-order chi connectivity index (χ0) is 20.1. The molecule has 0 bridgehead atoms. The molecule has 0 fully saturated rings. The Morgan fingerprint density at radius 1 is 1.24 bits per heavy atom. The van der Waals surface area contributed by atoms with Crippen LogP contribution in [-0.4, -0.2) is 31.9 Å². The van der Waals surface area contributed by atoms with Crippen LogP contribution in [0.15, 0.2) is 65.6 Å². The first-order valence-electron chi connectivity index (χ1n) is 9.39. The van der Waals surface area contributed by atoms with Crippen LogP contribution in [0.1, 0.15) is 29.6 Å². The summed E-state index contributed by atoms with van der Waals surface area (Å²) in [6.07, 6.45) is 6.14. The summed E-state index contributed by atoms with van der Waals surface area (Å²) in [6.45, 7) is 2.86. The first-order chi connectivity index (χ1) is 14.2. The third kappa shape index (κ3) is 4.78. The van der Waals surface area contributed by atoms with Gasteiger partial charge in [-0.1, -0.05) is 11.2 Å². The summed E-state index contributed by atoms with van der Waals surface area (Å²) in [6, 6.07) is 13.0. The molecule has 0 saturated carbocycles. The number of carbonyl (C=O) groups is 1. The molecule has 8 nitrogen and oxygen atoms in total. The second-order valence-corrected chi connectivity index (χ2v) is 6.76. The van der Waals surface area contributed by atoms with Crippen LogP contribution in [-0.2, 0) is 13.2 Å². The molecule has 0 unspecified atom stereocenters. The summed E-state index contributed by atoms with van der Waals surface area (Å²) in [7, 11) is 0. The number of aromatic nitrogens is 4. The van der Waals surface area contributed by atoms with Crippen LogP contribution in [0.2, 0.25) is 0 Å². The molecule has 0 aliphatic rings. The molecule has 3 aromatic heterocycles. The smallest absolute Gasteiger partial charge is 0.273 e. The lowest BCUT2D eigenvalue weighted by Crippen LogP contribution is -2.33.